The van der Waals surface area contributed by atoms with E-state index >= 15 is 0 Å². The molecule has 0 aromatic heterocycles. The van der Waals surface area contributed by atoms with Gasteiger partial charge in [0.1, 0.15) is 5.75 Å². The highest BCUT2D eigenvalue weighted by molar-refractivity contribution is 5.70. The molecule has 1 rings (SSSR count). The SMILES string of the molecule is CCCCCNC(=O)Oc1cc(C)c(C)cc1C. The van der Waals surface area contributed by atoms with Crippen LogP contribution >= 0.6 is 0 Å². The highest BCUT2D eigenvalue weighted by atomic mass is 16.6. The number of benzene rings is 1. The zero-order valence-electron chi connectivity index (χ0n) is 11.8. The molecule has 0 saturated heterocycles. The summed E-state index contributed by atoms with van der Waals surface area (Å²) in [6.45, 7) is 8.83. The van der Waals surface area contributed by atoms with Crippen molar-refractivity contribution in [1.29, 1.82) is 0 Å². The fraction of sp³-hybridized carbons (Fsp3) is 0.533. The Kier molecular flexibility index (Phi) is 5.69. The topological polar surface area (TPSA) is 38.3 Å². The number of aryl methyl sites for hydroxylation is 3. The van der Waals surface area contributed by atoms with E-state index in [2.05, 4.69) is 19.2 Å². The van der Waals surface area contributed by atoms with Crippen LogP contribution in [-0.2, 0) is 0 Å². The Labute approximate surface area is 110 Å². The number of hydrogen-bond donors (Lipinski definition) is 1. The molecule has 0 heterocycles. The van der Waals surface area contributed by atoms with Gasteiger partial charge in [-0.1, -0.05) is 25.8 Å². The summed E-state index contributed by atoms with van der Waals surface area (Å²) in [5.41, 5.74) is 3.33. The van der Waals surface area contributed by atoms with Gasteiger partial charge in [0.05, 0.1) is 0 Å². The van der Waals surface area contributed by atoms with Gasteiger partial charge in [0.25, 0.3) is 0 Å². The van der Waals surface area contributed by atoms with Crippen LogP contribution in [0, 0.1) is 20.8 Å². The van der Waals surface area contributed by atoms with Crippen molar-refractivity contribution < 1.29 is 9.53 Å². The molecular weight excluding hydrogens is 226 g/mol. The molecule has 0 fully saturated rings. The molecule has 0 bridgehead atoms. The molecule has 0 aliphatic carbocycles. The van der Waals surface area contributed by atoms with Crippen LogP contribution in [0.2, 0.25) is 0 Å². The van der Waals surface area contributed by atoms with Gasteiger partial charge in [-0.3, -0.25) is 0 Å². The van der Waals surface area contributed by atoms with Crippen LogP contribution < -0.4 is 10.1 Å². The first-order chi connectivity index (χ1) is 8.54. The van der Waals surface area contributed by atoms with Gasteiger partial charge < -0.3 is 10.1 Å². The summed E-state index contributed by atoms with van der Waals surface area (Å²) in [5.74, 6) is 0.645. The number of hydrogen-bond acceptors (Lipinski definition) is 2. The molecule has 0 atom stereocenters. The van der Waals surface area contributed by atoms with Gasteiger partial charge in [0.2, 0.25) is 0 Å². The van der Waals surface area contributed by atoms with Gasteiger partial charge in [-0.2, -0.15) is 0 Å². The Balaban J connectivity index is 2.51. The van der Waals surface area contributed by atoms with Crippen molar-refractivity contribution >= 4 is 6.09 Å². The average Bonchev–Trinajstić information content (AvgIpc) is 2.32. The van der Waals surface area contributed by atoms with Crippen LogP contribution in [0.25, 0.3) is 0 Å². The quantitative estimate of drug-likeness (QED) is 0.804. The molecule has 0 unspecified atom stereocenters. The standard InChI is InChI=1S/C15H23NO2/c1-5-6-7-8-16-15(17)18-14-10-12(3)11(2)9-13(14)4/h9-10H,5-8H2,1-4H3,(H,16,17). The Bertz CT molecular complexity index is 413. The molecule has 1 aromatic carbocycles. The van der Waals surface area contributed by atoms with E-state index in [9.17, 15) is 4.79 Å². The van der Waals surface area contributed by atoms with Crippen LogP contribution in [0.4, 0.5) is 4.79 Å². The minimum Gasteiger partial charge on any atom is -0.410 e. The number of unbranched alkanes of at least 4 members (excludes halogenated alkanes) is 2. The summed E-state index contributed by atoms with van der Waals surface area (Å²) in [6.07, 6.45) is 2.91. The zero-order valence-corrected chi connectivity index (χ0v) is 11.8. The summed E-state index contributed by atoms with van der Waals surface area (Å²) in [6, 6.07) is 3.95. The minimum absolute atomic E-state index is 0.363. The first-order valence-corrected chi connectivity index (χ1v) is 6.58. The van der Waals surface area contributed by atoms with E-state index in [0.717, 1.165) is 30.4 Å². The lowest BCUT2D eigenvalue weighted by Gasteiger charge is -2.11. The third kappa shape index (κ3) is 4.40. The number of amides is 1. The molecule has 100 valence electrons. The fourth-order valence-corrected chi connectivity index (χ4v) is 1.75. The first kappa shape index (κ1) is 14.6. The van der Waals surface area contributed by atoms with Crippen molar-refractivity contribution in [1.82, 2.24) is 5.32 Å². The zero-order chi connectivity index (χ0) is 13.5. The molecule has 0 radical (unpaired) electrons. The maximum Gasteiger partial charge on any atom is 0.412 e. The van der Waals surface area contributed by atoms with Crippen LogP contribution in [0.15, 0.2) is 12.1 Å². The molecule has 18 heavy (non-hydrogen) atoms. The second-order valence-electron chi connectivity index (χ2n) is 4.73. The third-order valence-corrected chi connectivity index (χ3v) is 3.04. The van der Waals surface area contributed by atoms with E-state index in [4.69, 9.17) is 4.74 Å². The van der Waals surface area contributed by atoms with Crippen molar-refractivity contribution in [2.45, 2.75) is 47.0 Å². The molecule has 1 N–H and O–H groups in total. The second-order valence-corrected chi connectivity index (χ2v) is 4.73. The maximum atomic E-state index is 11.6. The van der Waals surface area contributed by atoms with Gasteiger partial charge in [0.15, 0.2) is 0 Å². The molecule has 3 heteroatoms. The second kappa shape index (κ2) is 7.04. The van der Waals surface area contributed by atoms with Gasteiger partial charge in [-0.25, -0.2) is 4.79 Å². The third-order valence-electron chi connectivity index (χ3n) is 3.04. The number of nitrogens with one attached hydrogen (secondary N) is 1. The van der Waals surface area contributed by atoms with Crippen LogP contribution in [0.5, 0.6) is 5.75 Å². The summed E-state index contributed by atoms with van der Waals surface area (Å²) >= 11 is 0. The van der Waals surface area contributed by atoms with E-state index in [0.29, 0.717) is 12.3 Å². The van der Waals surface area contributed by atoms with Crippen molar-refractivity contribution in [3.63, 3.8) is 0 Å². The highest BCUT2D eigenvalue weighted by Gasteiger charge is 2.07. The summed E-state index contributed by atoms with van der Waals surface area (Å²) < 4.78 is 5.31. The molecule has 1 aromatic rings. The Hall–Kier alpha value is -1.51. The van der Waals surface area contributed by atoms with Crippen LogP contribution in [0.3, 0.4) is 0 Å². The molecule has 0 saturated carbocycles. The largest absolute Gasteiger partial charge is 0.412 e. The van der Waals surface area contributed by atoms with Gasteiger partial charge in [0, 0.05) is 6.54 Å². The van der Waals surface area contributed by atoms with Crippen molar-refractivity contribution in [3.05, 3.63) is 28.8 Å². The maximum absolute atomic E-state index is 11.6. The molecule has 0 aliphatic rings. The molecule has 1 amide bonds. The normalized spacial score (nSPS) is 10.2. The van der Waals surface area contributed by atoms with Gasteiger partial charge in [-0.15, -0.1) is 0 Å². The molecule has 0 aliphatic heterocycles. The van der Waals surface area contributed by atoms with Crippen molar-refractivity contribution in [2.75, 3.05) is 6.54 Å². The average molecular weight is 249 g/mol. The predicted molar refractivity (Wildman–Crippen MR) is 74.2 cm³/mol. The Morgan fingerprint density at radius 3 is 2.44 bits per heavy atom. The van der Waals surface area contributed by atoms with Gasteiger partial charge in [-0.05, 0) is 49.9 Å². The van der Waals surface area contributed by atoms with Crippen LogP contribution in [0.1, 0.15) is 42.9 Å². The lowest BCUT2D eigenvalue weighted by molar-refractivity contribution is 0.200. The summed E-state index contributed by atoms with van der Waals surface area (Å²) in [5, 5.41) is 2.77. The summed E-state index contributed by atoms with van der Waals surface area (Å²) in [4.78, 5) is 11.6. The van der Waals surface area contributed by atoms with E-state index < -0.39 is 0 Å². The monoisotopic (exact) mass is 249 g/mol. The Morgan fingerprint density at radius 1 is 1.11 bits per heavy atom. The predicted octanol–water partition coefficient (Wildman–Crippen LogP) is 3.89. The minimum atomic E-state index is -0.363. The molecule has 3 nitrogen and oxygen atoms in total. The van der Waals surface area contributed by atoms with E-state index in [1.165, 1.54) is 5.56 Å². The number of ether oxygens (including phenoxy) is 1. The Morgan fingerprint density at radius 2 is 1.78 bits per heavy atom. The summed E-state index contributed by atoms with van der Waals surface area (Å²) in [7, 11) is 0. The fourth-order valence-electron chi connectivity index (χ4n) is 1.75. The molecular formula is C15H23NO2. The number of carbonyl (C=O) groups is 1. The smallest absolute Gasteiger partial charge is 0.410 e. The van der Waals surface area contributed by atoms with Crippen molar-refractivity contribution in [2.24, 2.45) is 0 Å². The highest BCUT2D eigenvalue weighted by Crippen LogP contribution is 2.22. The van der Waals surface area contributed by atoms with Crippen LogP contribution in [-0.4, -0.2) is 12.6 Å². The van der Waals surface area contributed by atoms with E-state index in [-0.39, 0.29) is 6.09 Å². The first-order valence-electron chi connectivity index (χ1n) is 6.58. The lowest BCUT2D eigenvalue weighted by atomic mass is 10.1. The van der Waals surface area contributed by atoms with Crippen molar-refractivity contribution in [3.8, 4) is 5.75 Å². The number of rotatable bonds is 5. The van der Waals surface area contributed by atoms with Gasteiger partial charge >= 0.3 is 6.09 Å². The number of carbonyl (C=O) groups excluding carboxylic acids is 1. The molecule has 0 spiro atoms. The van der Waals surface area contributed by atoms with E-state index in [1.54, 1.807) is 0 Å². The lowest BCUT2D eigenvalue weighted by Crippen LogP contribution is -2.28. The van der Waals surface area contributed by atoms with E-state index in [1.807, 2.05) is 26.0 Å².